The largest absolute Gasteiger partial charge is 0.453 e. The molecule has 3 rings (SSSR count). The third kappa shape index (κ3) is 3.78. The molecular weight excluding hydrogens is 326 g/mol. The van der Waals surface area contributed by atoms with E-state index >= 15 is 0 Å². The molecule has 0 amide bonds. The van der Waals surface area contributed by atoms with E-state index in [0.29, 0.717) is 6.04 Å². The molecule has 1 aliphatic carbocycles. The SMILES string of the molecule is CC(NC1CCC(c2ccccc2)CC1)c1ccc(Br)o1. The lowest BCUT2D eigenvalue weighted by molar-refractivity contribution is 0.303. The summed E-state index contributed by atoms with van der Waals surface area (Å²) in [6.45, 7) is 2.18. The first kappa shape index (κ1) is 14.9. The van der Waals surface area contributed by atoms with Crippen molar-refractivity contribution < 1.29 is 4.42 Å². The van der Waals surface area contributed by atoms with Crippen molar-refractivity contribution in [3.8, 4) is 0 Å². The minimum absolute atomic E-state index is 0.273. The highest BCUT2D eigenvalue weighted by Gasteiger charge is 2.24. The van der Waals surface area contributed by atoms with Crippen molar-refractivity contribution in [1.82, 2.24) is 5.32 Å². The average molecular weight is 348 g/mol. The van der Waals surface area contributed by atoms with Crippen LogP contribution in [0.2, 0.25) is 0 Å². The van der Waals surface area contributed by atoms with Crippen LogP contribution < -0.4 is 5.32 Å². The number of rotatable bonds is 4. The van der Waals surface area contributed by atoms with Gasteiger partial charge < -0.3 is 9.73 Å². The van der Waals surface area contributed by atoms with E-state index in [0.717, 1.165) is 16.3 Å². The maximum Gasteiger partial charge on any atom is 0.169 e. The van der Waals surface area contributed by atoms with Crippen molar-refractivity contribution in [3.05, 3.63) is 58.5 Å². The monoisotopic (exact) mass is 347 g/mol. The van der Waals surface area contributed by atoms with Gasteiger partial charge in [0.25, 0.3) is 0 Å². The molecule has 2 aromatic rings. The summed E-state index contributed by atoms with van der Waals surface area (Å²) >= 11 is 3.36. The predicted molar refractivity (Wildman–Crippen MR) is 89.4 cm³/mol. The molecule has 1 saturated carbocycles. The summed E-state index contributed by atoms with van der Waals surface area (Å²) in [7, 11) is 0. The van der Waals surface area contributed by atoms with E-state index in [2.05, 4.69) is 58.5 Å². The second-order valence-electron chi connectivity index (χ2n) is 5.99. The summed E-state index contributed by atoms with van der Waals surface area (Å²) in [5.74, 6) is 1.74. The van der Waals surface area contributed by atoms with E-state index in [1.54, 1.807) is 0 Å². The van der Waals surface area contributed by atoms with E-state index in [1.165, 1.54) is 31.2 Å². The molecule has 1 unspecified atom stereocenters. The van der Waals surface area contributed by atoms with Crippen LogP contribution in [0.1, 0.15) is 55.9 Å². The maximum atomic E-state index is 5.63. The van der Waals surface area contributed by atoms with Crippen LogP contribution in [0, 0.1) is 0 Å². The van der Waals surface area contributed by atoms with Crippen LogP contribution in [0.5, 0.6) is 0 Å². The second-order valence-corrected chi connectivity index (χ2v) is 6.77. The fraction of sp³-hybridized carbons (Fsp3) is 0.444. The number of hydrogen-bond acceptors (Lipinski definition) is 2. The van der Waals surface area contributed by atoms with Gasteiger partial charge in [0.05, 0.1) is 6.04 Å². The first-order valence-electron chi connectivity index (χ1n) is 7.78. The van der Waals surface area contributed by atoms with Crippen LogP contribution in [0.3, 0.4) is 0 Å². The van der Waals surface area contributed by atoms with Gasteiger partial charge in [-0.15, -0.1) is 0 Å². The van der Waals surface area contributed by atoms with Gasteiger partial charge in [0, 0.05) is 6.04 Å². The number of nitrogens with one attached hydrogen (secondary N) is 1. The Balaban J connectivity index is 1.52. The van der Waals surface area contributed by atoms with Crippen molar-refractivity contribution in [1.29, 1.82) is 0 Å². The average Bonchev–Trinajstić information content (AvgIpc) is 2.96. The number of furan rings is 1. The lowest BCUT2D eigenvalue weighted by Gasteiger charge is -2.31. The zero-order valence-electron chi connectivity index (χ0n) is 12.4. The Morgan fingerprint density at radius 1 is 1.05 bits per heavy atom. The van der Waals surface area contributed by atoms with E-state index in [1.807, 2.05) is 12.1 Å². The molecule has 1 heterocycles. The van der Waals surface area contributed by atoms with Crippen LogP contribution in [0.25, 0.3) is 0 Å². The van der Waals surface area contributed by atoms with Crippen LogP contribution in [0.4, 0.5) is 0 Å². The van der Waals surface area contributed by atoms with Crippen molar-refractivity contribution in [2.45, 2.75) is 50.6 Å². The zero-order valence-corrected chi connectivity index (χ0v) is 14.0. The summed E-state index contributed by atoms with van der Waals surface area (Å²) in [5.41, 5.74) is 1.50. The zero-order chi connectivity index (χ0) is 14.7. The Morgan fingerprint density at radius 3 is 2.38 bits per heavy atom. The Labute approximate surface area is 135 Å². The standard InChI is InChI=1S/C18H22BrNO/c1-13(17-11-12-18(19)21-17)20-16-9-7-15(8-10-16)14-5-3-2-4-6-14/h2-6,11-13,15-16,20H,7-10H2,1H3. The Morgan fingerprint density at radius 2 is 1.76 bits per heavy atom. The van der Waals surface area contributed by atoms with Gasteiger partial charge in [-0.2, -0.15) is 0 Å². The molecule has 0 bridgehead atoms. The molecule has 3 heteroatoms. The highest BCUT2D eigenvalue weighted by Crippen LogP contribution is 2.33. The Bertz CT molecular complexity index is 558. The molecule has 2 nitrogen and oxygen atoms in total. The molecule has 21 heavy (non-hydrogen) atoms. The molecule has 0 saturated heterocycles. The quantitative estimate of drug-likeness (QED) is 0.798. The van der Waals surface area contributed by atoms with Crippen molar-refractivity contribution in [3.63, 3.8) is 0 Å². The Kier molecular flexibility index (Phi) is 4.81. The number of halogens is 1. The van der Waals surface area contributed by atoms with E-state index in [9.17, 15) is 0 Å². The first-order valence-corrected chi connectivity index (χ1v) is 8.58. The lowest BCUT2D eigenvalue weighted by atomic mass is 9.81. The minimum Gasteiger partial charge on any atom is -0.453 e. The van der Waals surface area contributed by atoms with Crippen LogP contribution in [-0.4, -0.2) is 6.04 Å². The summed E-state index contributed by atoms with van der Waals surface area (Å²) in [6.07, 6.45) is 5.03. The van der Waals surface area contributed by atoms with Crippen molar-refractivity contribution in [2.75, 3.05) is 0 Å². The Hall–Kier alpha value is -1.06. The molecule has 1 atom stereocenters. The summed E-state index contributed by atoms with van der Waals surface area (Å²) in [5, 5.41) is 3.71. The summed E-state index contributed by atoms with van der Waals surface area (Å²) in [4.78, 5) is 0. The molecule has 0 spiro atoms. The first-order chi connectivity index (χ1) is 10.2. The topological polar surface area (TPSA) is 25.2 Å². The predicted octanol–water partition coefficient (Wildman–Crippen LogP) is 5.42. The smallest absolute Gasteiger partial charge is 0.169 e. The van der Waals surface area contributed by atoms with E-state index < -0.39 is 0 Å². The fourth-order valence-electron chi connectivity index (χ4n) is 3.32. The molecular formula is C18H22BrNO. The highest BCUT2D eigenvalue weighted by atomic mass is 79.9. The number of hydrogen-bond donors (Lipinski definition) is 1. The molecule has 112 valence electrons. The third-order valence-corrected chi connectivity index (χ3v) is 4.93. The van der Waals surface area contributed by atoms with Gasteiger partial charge in [0.1, 0.15) is 5.76 Å². The number of benzene rings is 1. The van der Waals surface area contributed by atoms with E-state index in [4.69, 9.17) is 4.42 Å². The molecule has 1 fully saturated rings. The van der Waals surface area contributed by atoms with Gasteiger partial charge >= 0.3 is 0 Å². The van der Waals surface area contributed by atoms with Crippen molar-refractivity contribution >= 4 is 15.9 Å². The van der Waals surface area contributed by atoms with Crippen LogP contribution in [0.15, 0.2) is 51.6 Å². The highest BCUT2D eigenvalue weighted by molar-refractivity contribution is 9.10. The van der Waals surface area contributed by atoms with Gasteiger partial charge in [0.15, 0.2) is 4.67 Å². The molecule has 1 N–H and O–H groups in total. The van der Waals surface area contributed by atoms with Gasteiger partial charge in [-0.3, -0.25) is 0 Å². The van der Waals surface area contributed by atoms with Crippen LogP contribution >= 0.6 is 15.9 Å². The molecule has 1 aliphatic rings. The normalized spacial score (nSPS) is 23.9. The van der Waals surface area contributed by atoms with Gasteiger partial charge in [-0.1, -0.05) is 30.3 Å². The molecule has 0 aliphatic heterocycles. The minimum atomic E-state index is 0.273. The summed E-state index contributed by atoms with van der Waals surface area (Å²) < 4.78 is 6.44. The van der Waals surface area contributed by atoms with E-state index in [-0.39, 0.29) is 6.04 Å². The second kappa shape index (κ2) is 6.80. The third-order valence-electron chi connectivity index (χ3n) is 4.50. The fourth-order valence-corrected chi connectivity index (χ4v) is 3.63. The van der Waals surface area contributed by atoms with Gasteiger partial charge in [0.2, 0.25) is 0 Å². The van der Waals surface area contributed by atoms with Gasteiger partial charge in [-0.05, 0) is 72.2 Å². The molecule has 1 aromatic carbocycles. The van der Waals surface area contributed by atoms with Crippen molar-refractivity contribution in [2.24, 2.45) is 0 Å². The molecule has 1 aromatic heterocycles. The molecule has 0 radical (unpaired) electrons. The summed E-state index contributed by atoms with van der Waals surface area (Å²) in [6, 6.07) is 15.8. The lowest BCUT2D eigenvalue weighted by Crippen LogP contribution is -2.34. The maximum absolute atomic E-state index is 5.63. The van der Waals surface area contributed by atoms with Gasteiger partial charge in [-0.25, -0.2) is 0 Å². The van der Waals surface area contributed by atoms with Crippen LogP contribution in [-0.2, 0) is 0 Å².